The van der Waals surface area contributed by atoms with Crippen LogP contribution in [0.4, 0.5) is 5.69 Å². The molecule has 1 saturated heterocycles. The van der Waals surface area contributed by atoms with E-state index in [1.165, 1.54) is 48.9 Å². The molecule has 2 aliphatic heterocycles. The number of rotatable bonds is 5. The Balaban J connectivity index is 1.60. The Morgan fingerprint density at radius 1 is 1.29 bits per heavy atom. The Morgan fingerprint density at radius 3 is 2.95 bits per heavy atom. The molecule has 0 aromatic heterocycles. The van der Waals surface area contributed by atoms with Crippen molar-refractivity contribution in [1.82, 2.24) is 5.32 Å². The van der Waals surface area contributed by atoms with Crippen LogP contribution in [-0.2, 0) is 17.7 Å². The van der Waals surface area contributed by atoms with Crippen LogP contribution >= 0.6 is 0 Å². The van der Waals surface area contributed by atoms with Crippen LogP contribution in [0.15, 0.2) is 18.2 Å². The largest absolute Gasteiger partial charge is 0.385 e. The van der Waals surface area contributed by atoms with E-state index in [9.17, 15) is 0 Å². The molecule has 0 atom stereocenters. The van der Waals surface area contributed by atoms with E-state index in [2.05, 4.69) is 35.8 Å². The number of hydrogen-bond acceptors (Lipinski definition) is 3. The SMILES string of the molecule is CCC1(CNCc2cccc3c2CCCN3)CCOCC1. The zero-order valence-corrected chi connectivity index (χ0v) is 13.2. The maximum Gasteiger partial charge on any atom is 0.0471 e. The fourth-order valence-corrected chi connectivity index (χ4v) is 3.67. The van der Waals surface area contributed by atoms with Gasteiger partial charge in [0.1, 0.15) is 0 Å². The molecule has 0 amide bonds. The van der Waals surface area contributed by atoms with Gasteiger partial charge in [0.2, 0.25) is 0 Å². The molecule has 3 heteroatoms. The molecule has 0 bridgehead atoms. The lowest BCUT2D eigenvalue weighted by atomic mass is 9.78. The first-order chi connectivity index (χ1) is 10.3. The maximum absolute atomic E-state index is 5.53. The fourth-order valence-electron chi connectivity index (χ4n) is 3.67. The van der Waals surface area contributed by atoms with Crippen LogP contribution in [0.5, 0.6) is 0 Å². The van der Waals surface area contributed by atoms with Crippen molar-refractivity contribution in [3.8, 4) is 0 Å². The topological polar surface area (TPSA) is 33.3 Å². The molecule has 2 heterocycles. The molecule has 1 aromatic carbocycles. The molecule has 0 aliphatic carbocycles. The summed E-state index contributed by atoms with van der Waals surface area (Å²) in [6, 6.07) is 6.67. The van der Waals surface area contributed by atoms with Gasteiger partial charge in [-0.2, -0.15) is 0 Å². The number of nitrogens with one attached hydrogen (secondary N) is 2. The van der Waals surface area contributed by atoms with Gasteiger partial charge in [0.25, 0.3) is 0 Å². The second kappa shape index (κ2) is 6.80. The van der Waals surface area contributed by atoms with Gasteiger partial charge >= 0.3 is 0 Å². The third-order valence-corrected chi connectivity index (χ3v) is 5.31. The van der Waals surface area contributed by atoms with Crippen molar-refractivity contribution in [2.24, 2.45) is 5.41 Å². The van der Waals surface area contributed by atoms with Crippen LogP contribution in [0, 0.1) is 5.41 Å². The fraction of sp³-hybridized carbons (Fsp3) is 0.667. The summed E-state index contributed by atoms with van der Waals surface area (Å²) in [5, 5.41) is 7.25. The van der Waals surface area contributed by atoms with Gasteiger partial charge < -0.3 is 15.4 Å². The summed E-state index contributed by atoms with van der Waals surface area (Å²) in [4.78, 5) is 0. The van der Waals surface area contributed by atoms with E-state index in [0.29, 0.717) is 5.41 Å². The van der Waals surface area contributed by atoms with Crippen molar-refractivity contribution in [3.05, 3.63) is 29.3 Å². The molecule has 3 nitrogen and oxygen atoms in total. The van der Waals surface area contributed by atoms with E-state index in [0.717, 1.165) is 32.8 Å². The van der Waals surface area contributed by atoms with Crippen LogP contribution in [0.1, 0.15) is 43.7 Å². The summed E-state index contributed by atoms with van der Waals surface area (Å²) in [5.74, 6) is 0. The van der Waals surface area contributed by atoms with Gasteiger partial charge in [-0.1, -0.05) is 19.1 Å². The average Bonchev–Trinajstić information content (AvgIpc) is 2.56. The van der Waals surface area contributed by atoms with Crippen LogP contribution in [0.2, 0.25) is 0 Å². The molecule has 116 valence electrons. The Labute approximate surface area is 128 Å². The monoisotopic (exact) mass is 288 g/mol. The Bertz CT molecular complexity index is 466. The quantitative estimate of drug-likeness (QED) is 0.872. The molecule has 2 aliphatic rings. The number of benzene rings is 1. The molecule has 0 saturated carbocycles. The normalized spacial score (nSPS) is 20.6. The van der Waals surface area contributed by atoms with Crippen molar-refractivity contribution in [1.29, 1.82) is 0 Å². The first kappa shape index (κ1) is 14.9. The third-order valence-electron chi connectivity index (χ3n) is 5.31. The molecular weight excluding hydrogens is 260 g/mol. The predicted molar refractivity (Wildman–Crippen MR) is 87.7 cm³/mol. The van der Waals surface area contributed by atoms with Crippen molar-refractivity contribution in [2.45, 2.75) is 45.6 Å². The standard InChI is InChI=1S/C18H28N2O/c1-2-18(8-11-21-12-9-18)14-19-13-15-5-3-7-17-16(15)6-4-10-20-17/h3,5,7,19-20H,2,4,6,8-14H2,1H3. The van der Waals surface area contributed by atoms with Gasteiger partial charge in [-0.3, -0.25) is 0 Å². The van der Waals surface area contributed by atoms with Crippen LogP contribution in [-0.4, -0.2) is 26.3 Å². The first-order valence-corrected chi connectivity index (χ1v) is 8.46. The molecular formula is C18H28N2O. The minimum atomic E-state index is 0.450. The number of fused-ring (bicyclic) bond motifs is 1. The van der Waals surface area contributed by atoms with Crippen molar-refractivity contribution in [3.63, 3.8) is 0 Å². The van der Waals surface area contributed by atoms with Crippen LogP contribution in [0.25, 0.3) is 0 Å². The highest BCUT2D eigenvalue weighted by Gasteiger charge is 2.30. The summed E-state index contributed by atoms with van der Waals surface area (Å²) in [6.45, 7) is 7.40. The van der Waals surface area contributed by atoms with Gasteiger partial charge in [-0.15, -0.1) is 0 Å². The molecule has 1 fully saturated rings. The summed E-state index contributed by atoms with van der Waals surface area (Å²) >= 11 is 0. The lowest BCUT2D eigenvalue weighted by molar-refractivity contribution is 0.0127. The Hall–Kier alpha value is -1.06. The zero-order chi connectivity index (χ0) is 14.5. The van der Waals surface area contributed by atoms with Gasteiger partial charge in [-0.05, 0) is 54.7 Å². The second-order valence-electron chi connectivity index (χ2n) is 6.54. The van der Waals surface area contributed by atoms with Crippen LogP contribution < -0.4 is 10.6 Å². The maximum atomic E-state index is 5.53. The van der Waals surface area contributed by atoms with Crippen molar-refractivity contribution >= 4 is 5.69 Å². The second-order valence-corrected chi connectivity index (χ2v) is 6.54. The number of hydrogen-bond donors (Lipinski definition) is 2. The Morgan fingerprint density at radius 2 is 2.14 bits per heavy atom. The molecule has 0 spiro atoms. The van der Waals surface area contributed by atoms with Gasteiger partial charge in [-0.25, -0.2) is 0 Å². The summed E-state index contributed by atoms with van der Waals surface area (Å²) < 4.78 is 5.53. The lowest BCUT2D eigenvalue weighted by Crippen LogP contribution is -2.38. The predicted octanol–water partition coefficient (Wildman–Crippen LogP) is 3.34. The van der Waals surface area contributed by atoms with E-state index in [1.54, 1.807) is 0 Å². The minimum Gasteiger partial charge on any atom is -0.385 e. The molecule has 21 heavy (non-hydrogen) atoms. The smallest absolute Gasteiger partial charge is 0.0471 e. The van der Waals surface area contributed by atoms with E-state index in [1.807, 2.05) is 0 Å². The average molecular weight is 288 g/mol. The van der Waals surface area contributed by atoms with E-state index in [-0.39, 0.29) is 0 Å². The highest BCUT2D eigenvalue weighted by atomic mass is 16.5. The van der Waals surface area contributed by atoms with Crippen molar-refractivity contribution in [2.75, 3.05) is 31.6 Å². The lowest BCUT2D eigenvalue weighted by Gasteiger charge is -2.36. The molecule has 0 unspecified atom stereocenters. The zero-order valence-electron chi connectivity index (χ0n) is 13.2. The summed E-state index contributed by atoms with van der Waals surface area (Å²) in [5.41, 5.74) is 4.79. The summed E-state index contributed by atoms with van der Waals surface area (Å²) in [6.07, 6.45) is 6.11. The van der Waals surface area contributed by atoms with E-state index < -0.39 is 0 Å². The number of ether oxygens (including phenoxy) is 1. The van der Waals surface area contributed by atoms with Gasteiger partial charge in [0.15, 0.2) is 0 Å². The van der Waals surface area contributed by atoms with E-state index in [4.69, 9.17) is 4.74 Å². The minimum absolute atomic E-state index is 0.450. The number of anilines is 1. The summed E-state index contributed by atoms with van der Waals surface area (Å²) in [7, 11) is 0. The molecule has 2 N–H and O–H groups in total. The van der Waals surface area contributed by atoms with Gasteiger partial charge in [0.05, 0.1) is 0 Å². The molecule has 0 radical (unpaired) electrons. The van der Waals surface area contributed by atoms with Crippen molar-refractivity contribution < 1.29 is 4.74 Å². The Kier molecular flexibility index (Phi) is 4.81. The molecule has 3 rings (SSSR count). The first-order valence-electron chi connectivity index (χ1n) is 8.46. The molecule has 1 aromatic rings. The highest BCUT2D eigenvalue weighted by Crippen LogP contribution is 2.33. The highest BCUT2D eigenvalue weighted by molar-refractivity contribution is 5.56. The third kappa shape index (κ3) is 3.41. The van der Waals surface area contributed by atoms with Gasteiger partial charge in [0, 0.05) is 38.5 Å². The van der Waals surface area contributed by atoms with Crippen LogP contribution in [0.3, 0.4) is 0 Å². The van der Waals surface area contributed by atoms with E-state index >= 15 is 0 Å².